The van der Waals surface area contributed by atoms with Crippen LogP contribution < -0.4 is 11.1 Å². The molecule has 1 heterocycles. The number of aromatic nitrogens is 1. The molecule has 0 aliphatic heterocycles. The number of hydrogen-bond donors (Lipinski definition) is 3. The van der Waals surface area contributed by atoms with Crippen LogP contribution in [0.4, 0.5) is 5.82 Å². The second-order valence-corrected chi connectivity index (χ2v) is 3.21. The lowest BCUT2D eigenvalue weighted by atomic mass is 10.1. The van der Waals surface area contributed by atoms with Gasteiger partial charge in [0.15, 0.2) is 0 Å². The van der Waals surface area contributed by atoms with Crippen LogP contribution in [0.25, 0.3) is 0 Å². The number of anilines is 1. The van der Waals surface area contributed by atoms with E-state index in [1.54, 1.807) is 6.20 Å². The molecule has 1 atom stereocenters. The number of nitrogens with two attached hydrogens (primary N) is 1. The Morgan fingerprint density at radius 2 is 2.43 bits per heavy atom. The number of rotatable bonds is 5. The van der Waals surface area contributed by atoms with Crippen molar-refractivity contribution in [2.45, 2.75) is 19.4 Å². The predicted molar refractivity (Wildman–Crippen MR) is 56.9 cm³/mol. The lowest BCUT2D eigenvalue weighted by Crippen LogP contribution is -2.28. The average molecular weight is 195 g/mol. The van der Waals surface area contributed by atoms with Crippen LogP contribution in [0.3, 0.4) is 0 Å². The summed E-state index contributed by atoms with van der Waals surface area (Å²) in [5.41, 5.74) is 6.56. The molecule has 0 amide bonds. The average Bonchev–Trinajstić information content (AvgIpc) is 2.18. The highest BCUT2D eigenvalue weighted by Crippen LogP contribution is 2.09. The Labute approximate surface area is 84.2 Å². The Balaban J connectivity index is 2.47. The van der Waals surface area contributed by atoms with Crippen molar-refractivity contribution in [1.82, 2.24) is 10.3 Å². The first-order valence-corrected chi connectivity index (χ1v) is 4.82. The molecule has 1 rings (SSSR count). The van der Waals surface area contributed by atoms with Gasteiger partial charge in [0, 0.05) is 19.2 Å². The minimum absolute atomic E-state index is 0.401. The molecule has 14 heavy (non-hydrogen) atoms. The first-order valence-electron chi connectivity index (χ1n) is 4.82. The van der Waals surface area contributed by atoms with Gasteiger partial charge in [-0.15, -0.1) is 0 Å². The highest BCUT2D eigenvalue weighted by Gasteiger charge is 2.07. The molecule has 4 nitrogen and oxygen atoms in total. The number of aliphatic hydroxyl groups excluding tert-OH is 1. The summed E-state index contributed by atoms with van der Waals surface area (Å²) in [6, 6.07) is 3.71. The number of nitrogens with one attached hydrogen (secondary N) is 1. The Bertz CT molecular complexity index is 278. The van der Waals surface area contributed by atoms with E-state index >= 15 is 0 Å². The molecule has 0 spiro atoms. The van der Waals surface area contributed by atoms with Crippen molar-refractivity contribution in [3.05, 3.63) is 23.9 Å². The number of pyridine rings is 1. The van der Waals surface area contributed by atoms with Gasteiger partial charge in [-0.3, -0.25) is 0 Å². The molecule has 0 fully saturated rings. The summed E-state index contributed by atoms with van der Waals surface area (Å²) < 4.78 is 0. The minimum atomic E-state index is -0.401. The zero-order valence-corrected chi connectivity index (χ0v) is 8.40. The lowest BCUT2D eigenvalue weighted by Gasteiger charge is -2.11. The monoisotopic (exact) mass is 195 g/mol. The van der Waals surface area contributed by atoms with Crippen LogP contribution in [0.1, 0.15) is 12.5 Å². The van der Waals surface area contributed by atoms with Crippen LogP contribution in [0.2, 0.25) is 0 Å². The number of aliphatic hydroxyl groups is 1. The van der Waals surface area contributed by atoms with E-state index in [0.29, 0.717) is 18.8 Å². The highest BCUT2D eigenvalue weighted by molar-refractivity contribution is 5.38. The van der Waals surface area contributed by atoms with Crippen molar-refractivity contribution in [3.63, 3.8) is 0 Å². The maximum absolute atomic E-state index is 9.61. The van der Waals surface area contributed by atoms with Crippen LogP contribution in [-0.2, 0) is 6.42 Å². The Hall–Kier alpha value is -1.13. The molecule has 1 aromatic heterocycles. The molecule has 0 saturated carbocycles. The second kappa shape index (κ2) is 5.57. The molecule has 0 aliphatic rings. The summed E-state index contributed by atoms with van der Waals surface area (Å²) in [7, 11) is 0. The van der Waals surface area contributed by atoms with Gasteiger partial charge in [-0.1, -0.05) is 13.0 Å². The summed E-state index contributed by atoms with van der Waals surface area (Å²) in [5, 5.41) is 12.7. The van der Waals surface area contributed by atoms with E-state index in [1.165, 1.54) is 0 Å². The summed E-state index contributed by atoms with van der Waals surface area (Å²) in [6.07, 6.45) is 1.80. The summed E-state index contributed by atoms with van der Waals surface area (Å²) in [4.78, 5) is 3.96. The molecule has 0 aliphatic carbocycles. The van der Waals surface area contributed by atoms with Gasteiger partial charge in [-0.05, 0) is 18.2 Å². The van der Waals surface area contributed by atoms with Crippen molar-refractivity contribution in [2.75, 3.05) is 18.8 Å². The van der Waals surface area contributed by atoms with Gasteiger partial charge >= 0.3 is 0 Å². The maximum atomic E-state index is 9.61. The highest BCUT2D eigenvalue weighted by atomic mass is 16.3. The van der Waals surface area contributed by atoms with Gasteiger partial charge in [0.1, 0.15) is 5.82 Å². The fourth-order valence-electron chi connectivity index (χ4n) is 1.26. The standard InChI is InChI=1S/C10H17N3O/c1-2-12-7-9(14)6-8-4-3-5-13-10(8)11/h3-5,9,12,14H,2,6-7H2,1H3,(H2,11,13). The fraction of sp³-hybridized carbons (Fsp3) is 0.500. The molecule has 1 unspecified atom stereocenters. The van der Waals surface area contributed by atoms with E-state index in [1.807, 2.05) is 19.1 Å². The second-order valence-electron chi connectivity index (χ2n) is 3.21. The van der Waals surface area contributed by atoms with E-state index < -0.39 is 6.10 Å². The molecular formula is C10H17N3O. The Kier molecular flexibility index (Phi) is 4.35. The quantitative estimate of drug-likeness (QED) is 0.626. The Morgan fingerprint density at radius 3 is 3.07 bits per heavy atom. The lowest BCUT2D eigenvalue weighted by molar-refractivity contribution is 0.173. The molecule has 0 aromatic carbocycles. The van der Waals surface area contributed by atoms with Gasteiger partial charge in [0.2, 0.25) is 0 Å². The molecule has 78 valence electrons. The fourth-order valence-corrected chi connectivity index (χ4v) is 1.26. The third kappa shape index (κ3) is 3.32. The SMILES string of the molecule is CCNCC(O)Cc1cccnc1N. The van der Waals surface area contributed by atoms with Crippen LogP contribution >= 0.6 is 0 Å². The Morgan fingerprint density at radius 1 is 1.64 bits per heavy atom. The molecule has 4 N–H and O–H groups in total. The molecule has 4 heteroatoms. The maximum Gasteiger partial charge on any atom is 0.126 e. The van der Waals surface area contributed by atoms with Crippen molar-refractivity contribution in [2.24, 2.45) is 0 Å². The van der Waals surface area contributed by atoms with Crippen LogP contribution in [0, 0.1) is 0 Å². The van der Waals surface area contributed by atoms with Crippen LogP contribution in [-0.4, -0.2) is 29.3 Å². The van der Waals surface area contributed by atoms with Crippen molar-refractivity contribution < 1.29 is 5.11 Å². The van der Waals surface area contributed by atoms with Crippen LogP contribution in [0.5, 0.6) is 0 Å². The first kappa shape index (κ1) is 10.9. The smallest absolute Gasteiger partial charge is 0.126 e. The van der Waals surface area contributed by atoms with E-state index in [0.717, 1.165) is 12.1 Å². The summed E-state index contributed by atoms with van der Waals surface area (Å²) in [6.45, 7) is 3.45. The molecule has 1 aromatic rings. The van der Waals surface area contributed by atoms with E-state index in [4.69, 9.17) is 5.73 Å². The van der Waals surface area contributed by atoms with Gasteiger partial charge in [0.25, 0.3) is 0 Å². The number of nitrogens with zero attached hydrogens (tertiary/aromatic N) is 1. The van der Waals surface area contributed by atoms with Crippen LogP contribution in [0.15, 0.2) is 18.3 Å². The summed E-state index contributed by atoms with van der Waals surface area (Å²) >= 11 is 0. The van der Waals surface area contributed by atoms with Crippen molar-refractivity contribution in [3.8, 4) is 0 Å². The number of nitrogen functional groups attached to an aromatic ring is 1. The summed E-state index contributed by atoms with van der Waals surface area (Å²) in [5.74, 6) is 0.503. The third-order valence-electron chi connectivity index (χ3n) is 2.01. The predicted octanol–water partition coefficient (Wildman–Crippen LogP) is 0.177. The largest absolute Gasteiger partial charge is 0.391 e. The molecule has 0 radical (unpaired) electrons. The van der Waals surface area contributed by atoms with E-state index in [9.17, 15) is 5.11 Å². The van der Waals surface area contributed by atoms with E-state index in [-0.39, 0.29) is 0 Å². The normalized spacial score (nSPS) is 12.7. The van der Waals surface area contributed by atoms with E-state index in [2.05, 4.69) is 10.3 Å². The van der Waals surface area contributed by atoms with Crippen molar-refractivity contribution in [1.29, 1.82) is 0 Å². The number of likely N-dealkylation sites (N-methyl/N-ethyl adjacent to an activating group) is 1. The first-order chi connectivity index (χ1) is 6.74. The van der Waals surface area contributed by atoms with Crippen molar-refractivity contribution >= 4 is 5.82 Å². The van der Waals surface area contributed by atoms with Gasteiger partial charge in [-0.2, -0.15) is 0 Å². The minimum Gasteiger partial charge on any atom is -0.391 e. The third-order valence-corrected chi connectivity index (χ3v) is 2.01. The molecule has 0 saturated heterocycles. The zero-order valence-electron chi connectivity index (χ0n) is 8.40. The topological polar surface area (TPSA) is 71.2 Å². The number of hydrogen-bond acceptors (Lipinski definition) is 4. The van der Waals surface area contributed by atoms with Gasteiger partial charge in [0.05, 0.1) is 6.10 Å². The molecular weight excluding hydrogens is 178 g/mol. The van der Waals surface area contributed by atoms with Gasteiger partial charge in [-0.25, -0.2) is 4.98 Å². The van der Waals surface area contributed by atoms with Gasteiger partial charge < -0.3 is 16.2 Å². The zero-order chi connectivity index (χ0) is 10.4. The molecule has 0 bridgehead atoms.